The number of rotatable bonds is 7. The number of aromatic amines is 1. The molecule has 2 aliphatic rings. The minimum atomic E-state index is -0.300. The van der Waals surface area contributed by atoms with Crippen molar-refractivity contribution in [1.29, 1.82) is 0 Å². The second-order valence-electron chi connectivity index (χ2n) is 9.61. The van der Waals surface area contributed by atoms with Crippen LogP contribution in [-0.4, -0.2) is 77.7 Å². The van der Waals surface area contributed by atoms with E-state index in [0.29, 0.717) is 36.6 Å². The molecule has 7 nitrogen and oxygen atoms in total. The van der Waals surface area contributed by atoms with Gasteiger partial charge in [0.2, 0.25) is 5.91 Å². The van der Waals surface area contributed by atoms with Crippen molar-refractivity contribution in [2.45, 2.75) is 18.8 Å². The van der Waals surface area contributed by atoms with E-state index < -0.39 is 0 Å². The molecular formula is C26H31FN4O3. The molecule has 1 saturated carbocycles. The molecule has 8 heteroatoms. The van der Waals surface area contributed by atoms with Crippen LogP contribution in [0.2, 0.25) is 0 Å². The van der Waals surface area contributed by atoms with Crippen molar-refractivity contribution < 1.29 is 19.0 Å². The number of hydrogen-bond donors (Lipinski definition) is 2. The molecule has 2 atom stereocenters. The monoisotopic (exact) mass is 466 g/mol. The van der Waals surface area contributed by atoms with Gasteiger partial charge < -0.3 is 19.7 Å². The molecule has 1 amide bonds. The number of halogens is 1. The lowest BCUT2D eigenvalue weighted by Gasteiger charge is -2.22. The van der Waals surface area contributed by atoms with Crippen LogP contribution in [0.1, 0.15) is 24.5 Å². The molecule has 0 bridgehead atoms. The quantitative estimate of drug-likeness (QED) is 0.559. The van der Waals surface area contributed by atoms with Gasteiger partial charge in [-0.05, 0) is 66.5 Å². The first-order chi connectivity index (χ1) is 16.5. The Balaban J connectivity index is 1.32. The van der Waals surface area contributed by atoms with Gasteiger partial charge in [0, 0.05) is 49.5 Å². The molecule has 2 aromatic heterocycles. The van der Waals surface area contributed by atoms with E-state index in [9.17, 15) is 9.18 Å². The number of likely N-dealkylation sites (tertiary alicyclic amines) is 1. The number of ether oxygens (including phenoxy) is 1. The van der Waals surface area contributed by atoms with E-state index in [2.05, 4.69) is 20.9 Å². The fourth-order valence-electron chi connectivity index (χ4n) is 5.76. The van der Waals surface area contributed by atoms with Crippen molar-refractivity contribution in [3.05, 3.63) is 48.0 Å². The first-order valence-corrected chi connectivity index (χ1v) is 11.9. The lowest BCUT2D eigenvalue weighted by atomic mass is 9.99. The van der Waals surface area contributed by atoms with E-state index in [1.807, 2.05) is 6.07 Å². The number of carbonyl (C=O) groups excluding carboxylic acids is 1. The predicted octanol–water partition coefficient (Wildman–Crippen LogP) is 3.25. The Morgan fingerprint density at radius 2 is 2.00 bits per heavy atom. The van der Waals surface area contributed by atoms with Gasteiger partial charge in [0.05, 0.1) is 20.3 Å². The summed E-state index contributed by atoms with van der Waals surface area (Å²) in [5, 5.41) is 10.0. The van der Waals surface area contributed by atoms with Crippen molar-refractivity contribution in [3.8, 4) is 16.9 Å². The van der Waals surface area contributed by atoms with Crippen LogP contribution < -0.4 is 4.74 Å². The van der Waals surface area contributed by atoms with Gasteiger partial charge in [0.25, 0.3) is 0 Å². The van der Waals surface area contributed by atoms with E-state index in [1.165, 1.54) is 17.8 Å². The molecule has 2 fully saturated rings. The Bertz CT molecular complexity index is 1180. The summed E-state index contributed by atoms with van der Waals surface area (Å²) in [6, 6.07) is 8.64. The minimum absolute atomic E-state index is 0.0117. The summed E-state index contributed by atoms with van der Waals surface area (Å²) in [6.45, 7) is 2.65. The van der Waals surface area contributed by atoms with Gasteiger partial charge in [-0.15, -0.1) is 0 Å². The number of hydrogen-bond acceptors (Lipinski definition) is 5. The first-order valence-electron chi connectivity index (χ1n) is 11.9. The van der Waals surface area contributed by atoms with Crippen LogP contribution in [-0.2, 0) is 4.79 Å². The Morgan fingerprint density at radius 1 is 1.24 bits per heavy atom. The molecule has 1 aliphatic heterocycles. The number of H-pyrrole nitrogens is 1. The van der Waals surface area contributed by atoms with Gasteiger partial charge in [-0.25, -0.2) is 9.37 Å². The second kappa shape index (κ2) is 9.35. The summed E-state index contributed by atoms with van der Waals surface area (Å²) < 4.78 is 19.5. The van der Waals surface area contributed by atoms with Crippen LogP contribution in [0.3, 0.4) is 0 Å². The highest BCUT2D eigenvalue weighted by Crippen LogP contribution is 2.47. The molecule has 5 rings (SSSR count). The molecule has 0 spiro atoms. The molecule has 3 aromatic rings. The summed E-state index contributed by atoms with van der Waals surface area (Å²) >= 11 is 0. The number of aliphatic hydroxyl groups is 1. The number of likely N-dealkylation sites (N-methyl/N-ethyl adjacent to an activating group) is 1. The van der Waals surface area contributed by atoms with E-state index >= 15 is 0 Å². The molecule has 2 N–H and O–H groups in total. The fraction of sp³-hybridized carbons (Fsp3) is 0.462. The maximum atomic E-state index is 14.0. The van der Waals surface area contributed by atoms with Gasteiger partial charge in [-0.1, -0.05) is 0 Å². The number of benzene rings is 1. The van der Waals surface area contributed by atoms with Crippen LogP contribution in [0.5, 0.6) is 5.75 Å². The maximum Gasteiger partial charge on any atom is 0.236 e. The average molecular weight is 467 g/mol. The largest absolute Gasteiger partial charge is 0.496 e. The highest BCUT2D eigenvalue weighted by molar-refractivity contribution is 5.95. The van der Waals surface area contributed by atoms with Gasteiger partial charge in [-0.3, -0.25) is 9.69 Å². The maximum absolute atomic E-state index is 14.0. The van der Waals surface area contributed by atoms with Gasteiger partial charge >= 0.3 is 0 Å². The zero-order valence-corrected chi connectivity index (χ0v) is 19.6. The molecule has 1 saturated heterocycles. The number of aliphatic hydroxyl groups excluding tert-OH is 1. The number of pyridine rings is 1. The third-order valence-corrected chi connectivity index (χ3v) is 7.49. The molecule has 2 unspecified atom stereocenters. The van der Waals surface area contributed by atoms with Crippen LogP contribution in [0.4, 0.5) is 4.39 Å². The van der Waals surface area contributed by atoms with E-state index in [4.69, 9.17) is 9.84 Å². The van der Waals surface area contributed by atoms with Crippen molar-refractivity contribution >= 4 is 16.9 Å². The normalized spacial score (nSPS) is 22.3. The Morgan fingerprint density at radius 3 is 2.71 bits per heavy atom. The van der Waals surface area contributed by atoms with Gasteiger partial charge in [0.15, 0.2) is 0 Å². The standard InChI is InChI=1S/C26H31FN4O3/c1-30(7-8-32)25(33)15-31-13-17-9-16(10-18(17)14-31)23-12-22-20(5-6-28-26(22)29-23)21-11-19(27)3-4-24(21)34-2/h3-6,11-12,16-18,32H,7-10,13-15H2,1-2H3,(H,28,29). The molecule has 34 heavy (non-hydrogen) atoms. The first kappa shape index (κ1) is 22.8. The summed E-state index contributed by atoms with van der Waals surface area (Å²) in [5.41, 5.74) is 3.59. The molecular weight excluding hydrogens is 435 g/mol. The Labute approximate surface area is 198 Å². The number of amides is 1. The number of nitrogens with zero attached hydrogens (tertiary/aromatic N) is 3. The molecule has 180 valence electrons. The summed E-state index contributed by atoms with van der Waals surface area (Å²) in [4.78, 5) is 24.2. The Kier molecular flexibility index (Phi) is 6.27. The van der Waals surface area contributed by atoms with Crippen molar-refractivity contribution in [2.24, 2.45) is 11.8 Å². The van der Waals surface area contributed by atoms with Gasteiger partial charge in [0.1, 0.15) is 17.2 Å². The van der Waals surface area contributed by atoms with Crippen molar-refractivity contribution in [1.82, 2.24) is 19.8 Å². The lowest BCUT2D eigenvalue weighted by Crippen LogP contribution is -2.39. The summed E-state index contributed by atoms with van der Waals surface area (Å²) in [7, 11) is 3.33. The predicted molar refractivity (Wildman–Crippen MR) is 128 cm³/mol. The van der Waals surface area contributed by atoms with Gasteiger partial charge in [-0.2, -0.15) is 0 Å². The number of methoxy groups -OCH3 is 1. The topological polar surface area (TPSA) is 81.7 Å². The molecule has 1 aliphatic carbocycles. The third kappa shape index (κ3) is 4.28. The van der Waals surface area contributed by atoms with Crippen molar-refractivity contribution in [2.75, 3.05) is 46.9 Å². The van der Waals surface area contributed by atoms with Crippen LogP contribution in [0.25, 0.3) is 22.2 Å². The molecule has 1 aromatic carbocycles. The number of aromatic nitrogens is 2. The molecule has 3 heterocycles. The Hall–Kier alpha value is -2.97. The summed E-state index contributed by atoms with van der Waals surface area (Å²) in [6.07, 6.45) is 3.90. The highest BCUT2D eigenvalue weighted by atomic mass is 19.1. The third-order valence-electron chi connectivity index (χ3n) is 7.49. The van der Waals surface area contributed by atoms with Crippen LogP contribution in [0, 0.1) is 17.7 Å². The van der Waals surface area contributed by atoms with Crippen LogP contribution >= 0.6 is 0 Å². The average Bonchev–Trinajstić information content (AvgIpc) is 3.51. The van der Waals surface area contributed by atoms with E-state index in [0.717, 1.165) is 48.1 Å². The minimum Gasteiger partial charge on any atom is -0.496 e. The smallest absolute Gasteiger partial charge is 0.236 e. The second-order valence-corrected chi connectivity index (χ2v) is 9.61. The summed E-state index contributed by atoms with van der Waals surface area (Å²) in [5.74, 6) is 1.96. The number of nitrogens with one attached hydrogen (secondary N) is 1. The molecule has 0 radical (unpaired) electrons. The number of fused-ring (bicyclic) bond motifs is 2. The zero-order valence-electron chi connectivity index (χ0n) is 19.6. The number of carbonyl (C=O) groups is 1. The van der Waals surface area contributed by atoms with Crippen LogP contribution in [0.15, 0.2) is 36.5 Å². The zero-order chi connectivity index (χ0) is 23.8. The highest BCUT2D eigenvalue weighted by Gasteiger charge is 2.42. The fourth-order valence-corrected chi connectivity index (χ4v) is 5.76. The van der Waals surface area contributed by atoms with E-state index in [-0.39, 0.29) is 18.3 Å². The van der Waals surface area contributed by atoms with E-state index in [1.54, 1.807) is 31.3 Å². The van der Waals surface area contributed by atoms with Crippen molar-refractivity contribution in [3.63, 3.8) is 0 Å². The SMILES string of the molecule is COc1ccc(F)cc1-c1ccnc2[nH]c(C3CC4CN(CC(=O)N(C)CCO)CC4C3)cc12. The lowest BCUT2D eigenvalue weighted by molar-refractivity contribution is -0.131.